The highest BCUT2D eigenvalue weighted by molar-refractivity contribution is 8.00. The number of ether oxygens (including phenoxy) is 3. The van der Waals surface area contributed by atoms with Gasteiger partial charge >= 0.3 is 0 Å². The largest absolute Gasteiger partial charge is 0.502 e. The lowest BCUT2D eigenvalue weighted by atomic mass is 9.94. The predicted octanol–water partition coefficient (Wildman–Crippen LogP) is 2.80. The second-order valence-electron chi connectivity index (χ2n) is 8.34. The molecule has 1 saturated heterocycles. The summed E-state index contributed by atoms with van der Waals surface area (Å²) < 4.78 is 18.2. The van der Waals surface area contributed by atoms with Crippen LogP contribution in [0, 0.1) is 0 Å². The number of nitrogens with zero attached hydrogens (tertiary/aromatic N) is 1. The summed E-state index contributed by atoms with van der Waals surface area (Å²) in [6.07, 6.45) is 1.44. The molecule has 4 rings (SSSR count). The number of thioether (sulfide) groups is 1. The average molecular weight is 450 g/mol. The number of fused-ring (bicyclic) bond motifs is 1. The SMILES string of the molecule is COc1cc([C@H]2SCC(=O)Nc3c2c(=O)[nH]n3[C@@H]2CCOC(C)(C)C2)cc(OC)c1O. The van der Waals surface area contributed by atoms with Crippen molar-refractivity contribution in [2.24, 2.45) is 0 Å². The average Bonchev–Trinajstić information content (AvgIpc) is 2.93. The second kappa shape index (κ2) is 8.16. The molecule has 2 aliphatic heterocycles. The van der Waals surface area contributed by atoms with Crippen LogP contribution in [0.4, 0.5) is 5.82 Å². The number of hydrogen-bond acceptors (Lipinski definition) is 7. The lowest BCUT2D eigenvalue weighted by Gasteiger charge is -2.36. The molecule has 1 aromatic heterocycles. The highest BCUT2D eigenvalue weighted by atomic mass is 32.2. The number of aromatic hydroxyl groups is 1. The Kier molecular flexibility index (Phi) is 5.69. The number of nitrogens with one attached hydrogen (secondary N) is 2. The molecule has 3 heterocycles. The van der Waals surface area contributed by atoms with Gasteiger partial charge in [-0.25, -0.2) is 0 Å². The van der Waals surface area contributed by atoms with Crippen molar-refractivity contribution in [2.45, 2.75) is 43.6 Å². The van der Waals surface area contributed by atoms with Crippen LogP contribution in [0.1, 0.15) is 49.1 Å². The Balaban J connectivity index is 1.84. The van der Waals surface area contributed by atoms with Gasteiger partial charge in [-0.05, 0) is 44.4 Å². The normalized spacial score (nSPS) is 22.9. The van der Waals surface area contributed by atoms with Crippen molar-refractivity contribution < 1.29 is 24.1 Å². The van der Waals surface area contributed by atoms with E-state index in [2.05, 4.69) is 10.4 Å². The van der Waals surface area contributed by atoms with Crippen molar-refractivity contribution in [2.75, 3.05) is 31.9 Å². The number of hydrogen-bond donors (Lipinski definition) is 3. The zero-order valence-electron chi connectivity index (χ0n) is 18.0. The summed E-state index contributed by atoms with van der Waals surface area (Å²) in [7, 11) is 2.90. The van der Waals surface area contributed by atoms with Gasteiger partial charge < -0.3 is 24.6 Å². The molecule has 9 nitrogen and oxygen atoms in total. The molecule has 2 aromatic rings. The number of carbonyl (C=O) groups excluding carboxylic acids is 1. The molecule has 10 heteroatoms. The predicted molar refractivity (Wildman–Crippen MR) is 117 cm³/mol. The number of rotatable bonds is 4. The van der Waals surface area contributed by atoms with Crippen LogP contribution in [0.2, 0.25) is 0 Å². The van der Waals surface area contributed by atoms with E-state index in [1.54, 1.807) is 16.8 Å². The van der Waals surface area contributed by atoms with E-state index in [4.69, 9.17) is 14.2 Å². The zero-order valence-corrected chi connectivity index (χ0v) is 18.8. The molecule has 31 heavy (non-hydrogen) atoms. The molecule has 0 spiro atoms. The van der Waals surface area contributed by atoms with E-state index >= 15 is 0 Å². The van der Waals surface area contributed by atoms with E-state index < -0.39 is 5.25 Å². The van der Waals surface area contributed by atoms with Gasteiger partial charge in [0.15, 0.2) is 11.5 Å². The van der Waals surface area contributed by atoms with Crippen LogP contribution < -0.4 is 20.3 Å². The molecule has 1 aromatic carbocycles. The molecule has 0 radical (unpaired) electrons. The quantitative estimate of drug-likeness (QED) is 0.657. The Hall–Kier alpha value is -2.59. The third-order valence-electron chi connectivity index (χ3n) is 5.70. The topological polar surface area (TPSA) is 115 Å². The number of carbonyl (C=O) groups is 1. The van der Waals surface area contributed by atoms with Crippen molar-refractivity contribution in [3.63, 3.8) is 0 Å². The zero-order chi connectivity index (χ0) is 22.3. The Morgan fingerprint density at radius 2 is 1.90 bits per heavy atom. The first kappa shape index (κ1) is 21.6. The first-order valence-corrected chi connectivity index (χ1v) is 11.1. The minimum absolute atomic E-state index is 0.00635. The number of methoxy groups -OCH3 is 2. The number of aromatic amines is 1. The molecule has 168 valence electrons. The van der Waals surface area contributed by atoms with Gasteiger partial charge in [0.1, 0.15) is 5.82 Å². The van der Waals surface area contributed by atoms with Gasteiger partial charge in [-0.3, -0.25) is 19.4 Å². The maximum atomic E-state index is 13.1. The van der Waals surface area contributed by atoms with Gasteiger partial charge in [0.25, 0.3) is 5.56 Å². The summed E-state index contributed by atoms with van der Waals surface area (Å²) in [6, 6.07) is 3.33. The molecule has 2 aliphatic rings. The first-order chi connectivity index (χ1) is 14.7. The summed E-state index contributed by atoms with van der Waals surface area (Å²) in [5.74, 6) is 0.856. The molecule has 0 saturated carbocycles. The molecular weight excluding hydrogens is 422 g/mol. The van der Waals surface area contributed by atoms with Gasteiger partial charge in [-0.2, -0.15) is 0 Å². The molecule has 0 aliphatic carbocycles. The van der Waals surface area contributed by atoms with E-state index in [1.165, 1.54) is 26.0 Å². The highest BCUT2D eigenvalue weighted by Crippen LogP contribution is 2.46. The third-order valence-corrected chi connectivity index (χ3v) is 6.97. The smallest absolute Gasteiger partial charge is 0.270 e. The minimum atomic E-state index is -0.449. The number of H-pyrrole nitrogens is 1. The minimum Gasteiger partial charge on any atom is -0.502 e. The number of benzene rings is 1. The maximum absolute atomic E-state index is 13.1. The van der Waals surface area contributed by atoms with Crippen LogP contribution in [0.5, 0.6) is 17.2 Å². The standard InChI is InChI=1S/C21H27N3O6S/c1-21(2)9-12(5-6-30-21)24-19-16(20(27)23-24)18(31-10-15(25)22-19)11-7-13(28-3)17(26)14(8-11)29-4/h7-8,12,18,26H,5-6,9-10H2,1-4H3,(H,22,25)(H,23,27)/t12-,18-/m1/s1. The van der Waals surface area contributed by atoms with Crippen LogP contribution >= 0.6 is 11.8 Å². The molecule has 1 amide bonds. The van der Waals surface area contributed by atoms with Crippen molar-refractivity contribution in [3.05, 3.63) is 33.6 Å². The van der Waals surface area contributed by atoms with E-state index in [9.17, 15) is 14.7 Å². The van der Waals surface area contributed by atoms with Crippen molar-refractivity contribution in [1.82, 2.24) is 9.78 Å². The Morgan fingerprint density at radius 1 is 1.23 bits per heavy atom. The number of anilines is 1. The fraction of sp³-hybridized carbons (Fsp3) is 0.524. The van der Waals surface area contributed by atoms with E-state index in [-0.39, 0.29) is 46.1 Å². The monoisotopic (exact) mass is 449 g/mol. The maximum Gasteiger partial charge on any atom is 0.270 e. The Morgan fingerprint density at radius 3 is 2.52 bits per heavy atom. The Bertz CT molecular complexity index is 1030. The van der Waals surface area contributed by atoms with Gasteiger partial charge in [0, 0.05) is 6.61 Å². The lowest BCUT2D eigenvalue weighted by Crippen LogP contribution is -2.36. The Labute approximate surface area is 184 Å². The van der Waals surface area contributed by atoms with Gasteiger partial charge in [0.2, 0.25) is 11.7 Å². The van der Waals surface area contributed by atoms with Gasteiger partial charge in [-0.1, -0.05) is 0 Å². The van der Waals surface area contributed by atoms with Crippen LogP contribution in [-0.2, 0) is 9.53 Å². The summed E-state index contributed by atoms with van der Waals surface area (Å²) in [4.78, 5) is 25.6. The van der Waals surface area contributed by atoms with Crippen molar-refractivity contribution >= 4 is 23.5 Å². The molecule has 3 N–H and O–H groups in total. The second-order valence-corrected chi connectivity index (χ2v) is 9.43. The van der Waals surface area contributed by atoms with Crippen LogP contribution in [0.3, 0.4) is 0 Å². The van der Waals surface area contributed by atoms with Crippen molar-refractivity contribution in [1.29, 1.82) is 0 Å². The highest BCUT2D eigenvalue weighted by Gasteiger charge is 2.36. The molecule has 0 bridgehead atoms. The fourth-order valence-electron chi connectivity index (χ4n) is 4.27. The first-order valence-electron chi connectivity index (χ1n) is 10.1. The molecule has 2 atom stereocenters. The molecule has 0 unspecified atom stereocenters. The van der Waals surface area contributed by atoms with Gasteiger partial charge in [0.05, 0.1) is 42.4 Å². The molecule has 1 fully saturated rings. The number of amides is 1. The van der Waals surface area contributed by atoms with Crippen LogP contribution in [-0.4, -0.2) is 53.0 Å². The third kappa shape index (κ3) is 4.01. The number of phenolic OH excluding ortho intramolecular Hbond substituents is 1. The fourth-order valence-corrected chi connectivity index (χ4v) is 5.37. The number of aromatic nitrogens is 2. The summed E-state index contributed by atoms with van der Waals surface area (Å²) in [5, 5.41) is 15.7. The van der Waals surface area contributed by atoms with E-state index in [0.29, 0.717) is 30.0 Å². The van der Waals surface area contributed by atoms with E-state index in [0.717, 1.165) is 6.42 Å². The number of phenols is 1. The molecular formula is C21H27N3O6S. The summed E-state index contributed by atoms with van der Waals surface area (Å²) in [5.41, 5.74) is 0.585. The van der Waals surface area contributed by atoms with Crippen molar-refractivity contribution in [3.8, 4) is 17.2 Å². The van der Waals surface area contributed by atoms with E-state index in [1.807, 2.05) is 13.8 Å². The van der Waals surface area contributed by atoms with Crippen LogP contribution in [0.25, 0.3) is 0 Å². The summed E-state index contributed by atoms with van der Waals surface area (Å²) >= 11 is 1.34. The summed E-state index contributed by atoms with van der Waals surface area (Å²) in [6.45, 7) is 4.61. The lowest BCUT2D eigenvalue weighted by molar-refractivity contribution is -0.113. The van der Waals surface area contributed by atoms with Crippen LogP contribution in [0.15, 0.2) is 16.9 Å². The van der Waals surface area contributed by atoms with Gasteiger partial charge in [-0.15, -0.1) is 11.8 Å².